The minimum atomic E-state index is 0.263. The molecule has 4 heteroatoms. The fraction of sp³-hybridized carbons (Fsp3) is 0.417. The van der Waals surface area contributed by atoms with E-state index < -0.39 is 0 Å². The van der Waals surface area contributed by atoms with E-state index in [1.54, 1.807) is 7.11 Å². The van der Waals surface area contributed by atoms with Crippen LogP contribution in [0, 0.1) is 11.3 Å². The van der Waals surface area contributed by atoms with Gasteiger partial charge in [-0.2, -0.15) is 17.0 Å². The van der Waals surface area contributed by atoms with Gasteiger partial charge in [0.15, 0.2) is 11.5 Å². The Morgan fingerprint density at radius 2 is 2.31 bits per heavy atom. The summed E-state index contributed by atoms with van der Waals surface area (Å²) >= 11 is 1.87. The van der Waals surface area contributed by atoms with Gasteiger partial charge in [0.05, 0.1) is 19.6 Å². The zero-order valence-corrected chi connectivity index (χ0v) is 9.92. The quantitative estimate of drug-likeness (QED) is 0.802. The largest absolute Gasteiger partial charge is 0.493 e. The fourth-order valence-corrected chi connectivity index (χ4v) is 2.09. The molecule has 0 aromatic heterocycles. The molecular formula is C12H13NO2S. The predicted octanol–water partition coefficient (Wildman–Crippen LogP) is 2.26. The van der Waals surface area contributed by atoms with Crippen LogP contribution >= 0.6 is 11.8 Å². The summed E-state index contributed by atoms with van der Waals surface area (Å²) in [4.78, 5) is 0. The molecule has 1 aliphatic rings. The van der Waals surface area contributed by atoms with Gasteiger partial charge in [-0.15, -0.1) is 0 Å². The van der Waals surface area contributed by atoms with Crippen LogP contribution in [0.15, 0.2) is 18.2 Å². The van der Waals surface area contributed by atoms with Crippen molar-refractivity contribution in [1.29, 1.82) is 5.26 Å². The number of benzene rings is 1. The van der Waals surface area contributed by atoms with Gasteiger partial charge in [-0.05, 0) is 6.07 Å². The lowest BCUT2D eigenvalue weighted by Gasteiger charge is -2.27. The van der Waals surface area contributed by atoms with Gasteiger partial charge in [-0.3, -0.25) is 0 Å². The van der Waals surface area contributed by atoms with Crippen LogP contribution in [0.4, 0.5) is 0 Å². The van der Waals surface area contributed by atoms with Crippen LogP contribution in [-0.2, 0) is 6.42 Å². The standard InChI is InChI=1S/C12H13NO2S/c1-14-11-4-2-3-9(5-6-13)12(11)15-10-7-16-8-10/h2-4,10H,5,7-8H2,1H3. The lowest BCUT2D eigenvalue weighted by Crippen LogP contribution is -2.31. The molecule has 0 spiro atoms. The molecule has 0 atom stereocenters. The van der Waals surface area contributed by atoms with Gasteiger partial charge in [0.25, 0.3) is 0 Å². The van der Waals surface area contributed by atoms with Crippen molar-refractivity contribution in [3.8, 4) is 17.6 Å². The average Bonchev–Trinajstić information content (AvgIpc) is 2.25. The van der Waals surface area contributed by atoms with Gasteiger partial charge >= 0.3 is 0 Å². The highest BCUT2D eigenvalue weighted by molar-refractivity contribution is 8.00. The van der Waals surface area contributed by atoms with Crippen molar-refractivity contribution in [2.45, 2.75) is 12.5 Å². The second-order valence-electron chi connectivity index (χ2n) is 3.56. The Hall–Kier alpha value is -1.34. The first-order chi connectivity index (χ1) is 7.85. The summed E-state index contributed by atoms with van der Waals surface area (Å²) in [7, 11) is 1.62. The number of hydrogen-bond donors (Lipinski definition) is 0. The highest BCUT2D eigenvalue weighted by Gasteiger charge is 2.22. The van der Waals surface area contributed by atoms with Crippen molar-refractivity contribution in [2.24, 2.45) is 0 Å². The smallest absolute Gasteiger partial charge is 0.165 e. The topological polar surface area (TPSA) is 42.2 Å². The lowest BCUT2D eigenvalue weighted by atomic mass is 10.1. The Balaban J connectivity index is 2.25. The van der Waals surface area contributed by atoms with Gasteiger partial charge in [0, 0.05) is 17.1 Å². The maximum atomic E-state index is 8.76. The molecule has 2 rings (SSSR count). The molecule has 1 saturated heterocycles. The van der Waals surface area contributed by atoms with E-state index in [0.29, 0.717) is 12.2 Å². The van der Waals surface area contributed by atoms with Gasteiger partial charge in [-0.25, -0.2) is 0 Å². The maximum Gasteiger partial charge on any atom is 0.165 e. The fourth-order valence-electron chi connectivity index (χ4n) is 1.53. The molecule has 1 fully saturated rings. The first kappa shape index (κ1) is 11.2. The van der Waals surface area contributed by atoms with Gasteiger partial charge < -0.3 is 9.47 Å². The van der Waals surface area contributed by atoms with Crippen LogP contribution in [0.25, 0.3) is 0 Å². The summed E-state index contributed by atoms with van der Waals surface area (Å²) in [6.07, 6.45) is 0.616. The molecule has 1 aromatic carbocycles. The van der Waals surface area contributed by atoms with Crippen LogP contribution in [0.5, 0.6) is 11.5 Å². The van der Waals surface area contributed by atoms with Crippen LogP contribution in [0.2, 0.25) is 0 Å². The number of para-hydroxylation sites is 1. The molecule has 0 bridgehead atoms. The van der Waals surface area contributed by atoms with Crippen molar-refractivity contribution in [3.63, 3.8) is 0 Å². The molecule has 0 aliphatic carbocycles. The Labute approximate surface area is 99.4 Å². The summed E-state index contributed by atoms with van der Waals surface area (Å²) in [5.74, 6) is 3.48. The molecule has 0 N–H and O–H groups in total. The Morgan fingerprint density at radius 3 is 2.88 bits per heavy atom. The van der Waals surface area contributed by atoms with Crippen LogP contribution in [-0.4, -0.2) is 24.7 Å². The number of hydrogen-bond acceptors (Lipinski definition) is 4. The monoisotopic (exact) mass is 235 g/mol. The molecule has 0 radical (unpaired) electrons. The number of nitriles is 1. The van der Waals surface area contributed by atoms with Crippen LogP contribution in [0.3, 0.4) is 0 Å². The SMILES string of the molecule is COc1cccc(CC#N)c1OC1CSC1. The van der Waals surface area contributed by atoms with Gasteiger partial charge in [-0.1, -0.05) is 12.1 Å². The minimum absolute atomic E-state index is 0.263. The lowest BCUT2D eigenvalue weighted by molar-refractivity contribution is 0.226. The van der Waals surface area contributed by atoms with Crippen molar-refractivity contribution in [1.82, 2.24) is 0 Å². The highest BCUT2D eigenvalue weighted by atomic mass is 32.2. The number of thioether (sulfide) groups is 1. The van der Waals surface area contributed by atoms with E-state index in [-0.39, 0.29) is 6.10 Å². The molecule has 1 heterocycles. The van der Waals surface area contributed by atoms with E-state index in [0.717, 1.165) is 22.8 Å². The summed E-state index contributed by atoms with van der Waals surface area (Å²) in [5, 5.41) is 8.76. The molecule has 3 nitrogen and oxygen atoms in total. The van der Waals surface area contributed by atoms with E-state index in [1.165, 1.54) is 0 Å². The van der Waals surface area contributed by atoms with E-state index in [4.69, 9.17) is 14.7 Å². The summed E-state index contributed by atoms with van der Waals surface area (Å²) in [6, 6.07) is 7.80. The number of ether oxygens (including phenoxy) is 2. The second kappa shape index (κ2) is 5.13. The number of methoxy groups -OCH3 is 1. The van der Waals surface area contributed by atoms with E-state index in [1.807, 2.05) is 30.0 Å². The molecule has 0 unspecified atom stereocenters. The Kier molecular flexibility index (Phi) is 3.58. The first-order valence-corrected chi connectivity index (χ1v) is 6.28. The second-order valence-corrected chi connectivity index (χ2v) is 4.64. The summed E-state index contributed by atoms with van der Waals surface area (Å²) in [6.45, 7) is 0. The summed E-state index contributed by atoms with van der Waals surface area (Å²) < 4.78 is 11.1. The molecule has 0 saturated carbocycles. The normalized spacial score (nSPS) is 15.0. The first-order valence-electron chi connectivity index (χ1n) is 5.12. The molecule has 0 amide bonds. The maximum absolute atomic E-state index is 8.76. The van der Waals surface area contributed by atoms with Crippen molar-refractivity contribution < 1.29 is 9.47 Å². The summed E-state index contributed by atoms with van der Waals surface area (Å²) in [5.41, 5.74) is 0.902. The molecule has 1 aromatic rings. The van der Waals surface area contributed by atoms with Crippen LogP contribution < -0.4 is 9.47 Å². The molecule has 1 aliphatic heterocycles. The van der Waals surface area contributed by atoms with E-state index in [9.17, 15) is 0 Å². The molecular weight excluding hydrogens is 222 g/mol. The van der Waals surface area contributed by atoms with E-state index in [2.05, 4.69) is 6.07 Å². The predicted molar refractivity (Wildman–Crippen MR) is 64.1 cm³/mol. The van der Waals surface area contributed by atoms with Gasteiger partial charge in [0.1, 0.15) is 6.10 Å². The number of rotatable bonds is 4. The van der Waals surface area contributed by atoms with Gasteiger partial charge in [0.2, 0.25) is 0 Å². The van der Waals surface area contributed by atoms with E-state index >= 15 is 0 Å². The minimum Gasteiger partial charge on any atom is -0.493 e. The Morgan fingerprint density at radius 1 is 1.50 bits per heavy atom. The average molecular weight is 235 g/mol. The Bertz CT molecular complexity index is 410. The molecule has 16 heavy (non-hydrogen) atoms. The zero-order valence-electron chi connectivity index (χ0n) is 9.10. The third-order valence-corrected chi connectivity index (χ3v) is 3.66. The highest BCUT2D eigenvalue weighted by Crippen LogP contribution is 2.34. The van der Waals surface area contributed by atoms with Crippen molar-refractivity contribution >= 4 is 11.8 Å². The number of nitrogens with zero attached hydrogens (tertiary/aromatic N) is 1. The molecule has 84 valence electrons. The zero-order chi connectivity index (χ0) is 11.4. The van der Waals surface area contributed by atoms with Crippen molar-refractivity contribution in [2.75, 3.05) is 18.6 Å². The third kappa shape index (κ3) is 2.25. The van der Waals surface area contributed by atoms with Crippen molar-refractivity contribution in [3.05, 3.63) is 23.8 Å². The van der Waals surface area contributed by atoms with Crippen LogP contribution in [0.1, 0.15) is 5.56 Å². The third-order valence-electron chi connectivity index (χ3n) is 2.44.